The summed E-state index contributed by atoms with van der Waals surface area (Å²) >= 11 is 0. The summed E-state index contributed by atoms with van der Waals surface area (Å²) in [5.41, 5.74) is 0.367. The monoisotopic (exact) mass is 368 g/mol. The molecule has 0 fully saturated rings. The SMILES string of the molecule is C=CC(=O)OC(CC)CCCOc1ccccc1C(=O)Oc1ccccc1. The highest BCUT2D eigenvalue weighted by atomic mass is 16.5. The Balaban J connectivity index is 1.89. The summed E-state index contributed by atoms with van der Waals surface area (Å²) in [7, 11) is 0. The van der Waals surface area contributed by atoms with Crippen molar-refractivity contribution in [2.24, 2.45) is 0 Å². The molecule has 0 saturated carbocycles. The number of esters is 2. The molecule has 2 rings (SSSR count). The van der Waals surface area contributed by atoms with E-state index in [1.807, 2.05) is 13.0 Å². The maximum absolute atomic E-state index is 12.4. The minimum atomic E-state index is -0.469. The van der Waals surface area contributed by atoms with Gasteiger partial charge >= 0.3 is 11.9 Å². The summed E-state index contributed by atoms with van der Waals surface area (Å²) in [5.74, 6) is 0.0570. The van der Waals surface area contributed by atoms with E-state index in [4.69, 9.17) is 14.2 Å². The van der Waals surface area contributed by atoms with Crippen LogP contribution < -0.4 is 9.47 Å². The van der Waals surface area contributed by atoms with Crippen molar-refractivity contribution >= 4 is 11.9 Å². The molecule has 0 N–H and O–H groups in total. The number of rotatable bonds is 10. The third kappa shape index (κ3) is 6.62. The van der Waals surface area contributed by atoms with Gasteiger partial charge in [-0.2, -0.15) is 0 Å². The van der Waals surface area contributed by atoms with Crippen LogP contribution in [0.2, 0.25) is 0 Å². The van der Waals surface area contributed by atoms with Crippen molar-refractivity contribution in [2.45, 2.75) is 32.3 Å². The molecule has 142 valence electrons. The molecule has 1 atom stereocenters. The minimum absolute atomic E-state index is 0.169. The molecule has 2 aromatic carbocycles. The lowest BCUT2D eigenvalue weighted by Crippen LogP contribution is -2.17. The van der Waals surface area contributed by atoms with Crippen LogP contribution in [0.4, 0.5) is 0 Å². The Morgan fingerprint density at radius 1 is 1.07 bits per heavy atom. The first-order valence-electron chi connectivity index (χ1n) is 8.96. The number of hydrogen-bond donors (Lipinski definition) is 0. The highest BCUT2D eigenvalue weighted by Crippen LogP contribution is 2.21. The lowest BCUT2D eigenvalue weighted by molar-refractivity contribution is -0.143. The molecule has 1 unspecified atom stereocenters. The Kier molecular flexibility index (Phi) is 8.10. The summed E-state index contributed by atoms with van der Waals surface area (Å²) in [6.45, 7) is 5.75. The molecule has 0 aliphatic rings. The first kappa shape index (κ1) is 20.2. The average molecular weight is 368 g/mol. The fourth-order valence-electron chi connectivity index (χ4n) is 2.46. The van der Waals surface area contributed by atoms with Crippen molar-refractivity contribution in [3.63, 3.8) is 0 Å². The van der Waals surface area contributed by atoms with Gasteiger partial charge in [-0.15, -0.1) is 0 Å². The van der Waals surface area contributed by atoms with Gasteiger partial charge in [0, 0.05) is 6.08 Å². The molecule has 0 radical (unpaired) electrons. The zero-order valence-corrected chi connectivity index (χ0v) is 15.4. The van der Waals surface area contributed by atoms with Crippen LogP contribution in [0.15, 0.2) is 67.3 Å². The fraction of sp³-hybridized carbons (Fsp3) is 0.273. The van der Waals surface area contributed by atoms with Crippen LogP contribution in [-0.4, -0.2) is 24.6 Å². The average Bonchev–Trinajstić information content (AvgIpc) is 2.71. The molecule has 27 heavy (non-hydrogen) atoms. The first-order chi connectivity index (χ1) is 13.1. The van der Waals surface area contributed by atoms with Crippen LogP contribution in [0.25, 0.3) is 0 Å². The van der Waals surface area contributed by atoms with Crippen LogP contribution >= 0.6 is 0 Å². The van der Waals surface area contributed by atoms with E-state index in [0.717, 1.165) is 12.5 Å². The third-order valence-corrected chi connectivity index (χ3v) is 3.89. The van der Waals surface area contributed by atoms with Crippen molar-refractivity contribution in [2.75, 3.05) is 6.61 Å². The van der Waals surface area contributed by atoms with Crippen LogP contribution in [0, 0.1) is 0 Å². The van der Waals surface area contributed by atoms with Gasteiger partial charge in [-0.1, -0.05) is 43.8 Å². The third-order valence-electron chi connectivity index (χ3n) is 3.89. The van der Waals surface area contributed by atoms with Crippen LogP contribution in [0.1, 0.15) is 36.5 Å². The number of carbonyl (C=O) groups is 2. The fourth-order valence-corrected chi connectivity index (χ4v) is 2.46. The topological polar surface area (TPSA) is 61.8 Å². The van der Waals surface area contributed by atoms with E-state index >= 15 is 0 Å². The summed E-state index contributed by atoms with van der Waals surface area (Å²) in [6, 6.07) is 15.9. The van der Waals surface area contributed by atoms with E-state index in [1.165, 1.54) is 0 Å². The Labute approximate surface area is 159 Å². The number of carbonyl (C=O) groups excluding carboxylic acids is 2. The molecule has 5 nitrogen and oxygen atoms in total. The Morgan fingerprint density at radius 3 is 2.48 bits per heavy atom. The van der Waals surface area contributed by atoms with Gasteiger partial charge < -0.3 is 14.2 Å². The highest BCUT2D eigenvalue weighted by molar-refractivity contribution is 5.93. The lowest BCUT2D eigenvalue weighted by atomic mass is 10.1. The number of hydrogen-bond acceptors (Lipinski definition) is 5. The van der Waals surface area contributed by atoms with E-state index in [0.29, 0.717) is 36.5 Å². The lowest BCUT2D eigenvalue weighted by Gasteiger charge is -2.15. The zero-order valence-electron chi connectivity index (χ0n) is 15.4. The van der Waals surface area contributed by atoms with Crippen molar-refractivity contribution in [3.05, 3.63) is 72.8 Å². The van der Waals surface area contributed by atoms with E-state index in [2.05, 4.69) is 6.58 Å². The Bertz CT molecular complexity index is 754. The van der Waals surface area contributed by atoms with Crippen LogP contribution in [0.5, 0.6) is 11.5 Å². The second kappa shape index (κ2) is 10.8. The maximum Gasteiger partial charge on any atom is 0.347 e. The highest BCUT2D eigenvalue weighted by Gasteiger charge is 2.15. The molecule has 0 aromatic heterocycles. The van der Waals surface area contributed by atoms with E-state index in [1.54, 1.807) is 48.5 Å². The molecular formula is C22H24O5. The van der Waals surface area contributed by atoms with Crippen molar-refractivity contribution in [3.8, 4) is 11.5 Å². The van der Waals surface area contributed by atoms with Crippen molar-refractivity contribution < 1.29 is 23.8 Å². The van der Waals surface area contributed by atoms with E-state index in [-0.39, 0.29) is 6.10 Å². The quantitative estimate of drug-likeness (QED) is 0.266. The molecule has 0 bridgehead atoms. The molecule has 5 heteroatoms. The Morgan fingerprint density at radius 2 is 1.78 bits per heavy atom. The second-order valence-electron chi connectivity index (χ2n) is 5.86. The van der Waals surface area contributed by atoms with Gasteiger partial charge in [-0.05, 0) is 43.5 Å². The van der Waals surface area contributed by atoms with Crippen LogP contribution in [0.3, 0.4) is 0 Å². The van der Waals surface area contributed by atoms with Crippen molar-refractivity contribution in [1.82, 2.24) is 0 Å². The zero-order chi connectivity index (χ0) is 19.5. The Hall–Kier alpha value is -3.08. The molecule has 0 aliphatic heterocycles. The van der Waals surface area contributed by atoms with Gasteiger partial charge in [-0.25, -0.2) is 9.59 Å². The normalized spacial score (nSPS) is 11.3. The first-order valence-corrected chi connectivity index (χ1v) is 8.96. The van der Waals surface area contributed by atoms with Crippen molar-refractivity contribution in [1.29, 1.82) is 0 Å². The summed E-state index contributed by atoms with van der Waals surface area (Å²) in [4.78, 5) is 23.7. The molecule has 2 aromatic rings. The van der Waals surface area contributed by atoms with Gasteiger partial charge in [-0.3, -0.25) is 0 Å². The summed E-state index contributed by atoms with van der Waals surface area (Å²) in [6.07, 6.45) is 3.07. The molecule has 0 saturated heterocycles. The van der Waals surface area contributed by atoms with Gasteiger partial charge in [0.15, 0.2) is 0 Å². The van der Waals surface area contributed by atoms with Gasteiger partial charge in [0.25, 0.3) is 0 Å². The summed E-state index contributed by atoms with van der Waals surface area (Å²) < 4.78 is 16.4. The maximum atomic E-state index is 12.4. The molecule has 0 heterocycles. The standard InChI is InChI=1S/C22H24O5/c1-3-17(26-21(23)4-2)13-10-16-25-20-15-9-8-14-19(20)22(24)27-18-11-6-5-7-12-18/h4-9,11-12,14-15,17H,2-3,10,13,16H2,1H3. The van der Waals surface area contributed by atoms with Gasteiger partial charge in [0.05, 0.1) is 6.61 Å². The molecular weight excluding hydrogens is 344 g/mol. The molecule has 0 spiro atoms. The number of benzene rings is 2. The minimum Gasteiger partial charge on any atom is -0.493 e. The predicted molar refractivity (Wildman–Crippen MR) is 103 cm³/mol. The number of ether oxygens (including phenoxy) is 3. The van der Waals surface area contributed by atoms with E-state index in [9.17, 15) is 9.59 Å². The number of para-hydroxylation sites is 2. The smallest absolute Gasteiger partial charge is 0.347 e. The molecule has 0 aliphatic carbocycles. The van der Waals surface area contributed by atoms with Crippen LogP contribution in [-0.2, 0) is 9.53 Å². The largest absolute Gasteiger partial charge is 0.493 e. The second-order valence-corrected chi connectivity index (χ2v) is 5.86. The molecule has 0 amide bonds. The van der Waals surface area contributed by atoms with E-state index < -0.39 is 11.9 Å². The summed E-state index contributed by atoms with van der Waals surface area (Å²) in [5, 5.41) is 0. The predicted octanol–water partition coefficient (Wildman–Crippen LogP) is 4.57. The van der Waals surface area contributed by atoms with Gasteiger partial charge in [0.2, 0.25) is 0 Å². The van der Waals surface area contributed by atoms with Gasteiger partial charge in [0.1, 0.15) is 23.2 Å².